The van der Waals surface area contributed by atoms with Crippen LogP contribution in [0.4, 0.5) is 13.2 Å². The Kier molecular flexibility index (Phi) is 4.61. The van der Waals surface area contributed by atoms with Crippen molar-refractivity contribution in [3.63, 3.8) is 0 Å². The van der Waals surface area contributed by atoms with Gasteiger partial charge in [-0.05, 0) is 25.3 Å². The highest BCUT2D eigenvalue weighted by Gasteiger charge is 2.41. The van der Waals surface area contributed by atoms with Crippen molar-refractivity contribution in [3.8, 4) is 0 Å². The first-order valence-electron chi connectivity index (χ1n) is 5.78. The molecule has 0 aliphatic carbocycles. The van der Waals surface area contributed by atoms with Gasteiger partial charge >= 0.3 is 6.18 Å². The first kappa shape index (κ1) is 14.8. The molecule has 0 bridgehead atoms. The van der Waals surface area contributed by atoms with E-state index >= 15 is 0 Å². The Morgan fingerprint density at radius 3 is 2.22 bits per heavy atom. The number of hydrogen-bond acceptors (Lipinski definition) is 3. The Balaban J connectivity index is 2.61. The van der Waals surface area contributed by atoms with E-state index in [0.717, 1.165) is 0 Å². The highest BCUT2D eigenvalue weighted by Crippen LogP contribution is 2.34. The van der Waals surface area contributed by atoms with Crippen molar-refractivity contribution in [3.05, 3.63) is 11.3 Å². The molecule has 4 N–H and O–H groups in total. The van der Waals surface area contributed by atoms with Crippen LogP contribution in [-0.2, 0) is 4.79 Å². The van der Waals surface area contributed by atoms with Crippen LogP contribution < -0.4 is 11.5 Å². The van der Waals surface area contributed by atoms with Crippen LogP contribution >= 0.6 is 0 Å². The molecular formula is C11H18F3N3O. The van der Waals surface area contributed by atoms with Crippen molar-refractivity contribution in [2.24, 2.45) is 17.4 Å². The van der Waals surface area contributed by atoms with Gasteiger partial charge in [-0.25, -0.2) is 0 Å². The lowest BCUT2D eigenvalue weighted by Gasteiger charge is -2.33. The van der Waals surface area contributed by atoms with Crippen molar-refractivity contribution in [2.45, 2.75) is 25.9 Å². The van der Waals surface area contributed by atoms with Gasteiger partial charge in [0.25, 0.3) is 5.91 Å². The van der Waals surface area contributed by atoms with E-state index in [4.69, 9.17) is 11.5 Å². The fourth-order valence-corrected chi connectivity index (χ4v) is 1.87. The fraction of sp³-hybridized carbons (Fsp3) is 0.727. The molecule has 0 aromatic heterocycles. The summed E-state index contributed by atoms with van der Waals surface area (Å²) in [7, 11) is 0. The molecule has 0 aromatic carbocycles. The Morgan fingerprint density at radius 1 is 1.33 bits per heavy atom. The summed E-state index contributed by atoms with van der Waals surface area (Å²) in [5.74, 6) is -1.74. The summed E-state index contributed by atoms with van der Waals surface area (Å²) >= 11 is 0. The van der Waals surface area contributed by atoms with Crippen LogP contribution in [-0.4, -0.2) is 36.6 Å². The Labute approximate surface area is 104 Å². The van der Waals surface area contributed by atoms with Gasteiger partial charge in [0.15, 0.2) is 0 Å². The Morgan fingerprint density at radius 2 is 1.83 bits per heavy atom. The zero-order valence-electron chi connectivity index (χ0n) is 10.3. The van der Waals surface area contributed by atoms with Crippen LogP contribution in [0.2, 0.25) is 0 Å². The van der Waals surface area contributed by atoms with Crippen LogP contribution in [0.3, 0.4) is 0 Å². The monoisotopic (exact) mass is 265 g/mol. The largest absolute Gasteiger partial charge is 0.394 e. The molecule has 1 saturated heterocycles. The molecule has 4 nitrogen and oxygen atoms in total. The minimum atomic E-state index is -4.18. The molecule has 1 aliphatic rings. The Bertz CT molecular complexity index is 344. The normalized spacial score (nSPS) is 19.7. The standard InChI is InChI=1S/C11H18F3N3O/c1-7(6-15)9(16)10(18)17-4-2-8(3-5-17)11(12,13)14/h8H,2-6,15-16H2,1H3/b9-7+. The van der Waals surface area contributed by atoms with Crippen LogP contribution in [0, 0.1) is 5.92 Å². The third-order valence-corrected chi connectivity index (χ3v) is 3.24. The number of nitrogens with two attached hydrogens (primary N) is 2. The van der Waals surface area contributed by atoms with E-state index in [0.29, 0.717) is 5.57 Å². The second-order valence-electron chi connectivity index (χ2n) is 4.51. The second-order valence-corrected chi connectivity index (χ2v) is 4.51. The molecule has 7 heteroatoms. The van der Waals surface area contributed by atoms with Crippen LogP contribution in [0.15, 0.2) is 11.3 Å². The summed E-state index contributed by atoms with van der Waals surface area (Å²) < 4.78 is 37.4. The predicted molar refractivity (Wildman–Crippen MR) is 61.3 cm³/mol. The quantitative estimate of drug-likeness (QED) is 0.731. The number of carbonyl (C=O) groups excluding carboxylic acids is 1. The maximum Gasteiger partial charge on any atom is 0.391 e. The molecule has 1 aliphatic heterocycles. The zero-order chi connectivity index (χ0) is 13.9. The van der Waals surface area contributed by atoms with E-state index < -0.39 is 18.0 Å². The van der Waals surface area contributed by atoms with E-state index in [-0.39, 0.29) is 38.2 Å². The van der Waals surface area contributed by atoms with Gasteiger partial charge < -0.3 is 16.4 Å². The van der Waals surface area contributed by atoms with Gasteiger partial charge in [-0.15, -0.1) is 0 Å². The van der Waals surface area contributed by atoms with Crippen molar-refractivity contribution in [2.75, 3.05) is 19.6 Å². The van der Waals surface area contributed by atoms with Gasteiger partial charge in [0, 0.05) is 19.6 Å². The summed E-state index contributed by atoms with van der Waals surface area (Å²) in [6.45, 7) is 1.97. The molecule has 1 heterocycles. The van der Waals surface area contributed by atoms with E-state index in [1.54, 1.807) is 6.92 Å². The maximum absolute atomic E-state index is 12.5. The minimum Gasteiger partial charge on any atom is -0.394 e. The van der Waals surface area contributed by atoms with Crippen LogP contribution in [0.25, 0.3) is 0 Å². The van der Waals surface area contributed by atoms with Gasteiger partial charge in [-0.1, -0.05) is 0 Å². The first-order valence-corrected chi connectivity index (χ1v) is 5.78. The lowest BCUT2D eigenvalue weighted by atomic mass is 9.96. The summed E-state index contributed by atoms with van der Waals surface area (Å²) in [6.07, 6.45) is -4.31. The third kappa shape index (κ3) is 3.38. The maximum atomic E-state index is 12.5. The number of piperidine rings is 1. The SMILES string of the molecule is C/C(CN)=C(\N)C(=O)N1CCC(C(F)(F)F)CC1. The average molecular weight is 265 g/mol. The number of likely N-dealkylation sites (tertiary alicyclic amines) is 1. The highest BCUT2D eigenvalue weighted by atomic mass is 19.4. The topological polar surface area (TPSA) is 72.3 Å². The predicted octanol–water partition coefficient (Wildman–Crippen LogP) is 0.979. The highest BCUT2D eigenvalue weighted by molar-refractivity contribution is 5.93. The van der Waals surface area contributed by atoms with Gasteiger partial charge in [-0.3, -0.25) is 4.79 Å². The van der Waals surface area contributed by atoms with Crippen molar-refractivity contribution in [1.29, 1.82) is 0 Å². The van der Waals surface area contributed by atoms with E-state index in [1.165, 1.54) is 4.90 Å². The molecule has 0 radical (unpaired) electrons. The van der Waals surface area contributed by atoms with Crippen molar-refractivity contribution in [1.82, 2.24) is 4.90 Å². The number of nitrogens with zero attached hydrogens (tertiary/aromatic N) is 1. The first-order chi connectivity index (χ1) is 8.27. The fourth-order valence-electron chi connectivity index (χ4n) is 1.87. The van der Waals surface area contributed by atoms with E-state index in [2.05, 4.69) is 0 Å². The third-order valence-electron chi connectivity index (χ3n) is 3.24. The molecule has 0 aromatic rings. The molecular weight excluding hydrogens is 247 g/mol. The number of hydrogen-bond donors (Lipinski definition) is 2. The van der Waals surface area contributed by atoms with E-state index in [1.807, 2.05) is 0 Å². The summed E-state index contributed by atoms with van der Waals surface area (Å²) in [5, 5.41) is 0. The molecule has 18 heavy (non-hydrogen) atoms. The van der Waals surface area contributed by atoms with Gasteiger partial charge in [0.1, 0.15) is 0 Å². The second kappa shape index (κ2) is 5.60. The Hall–Kier alpha value is -1.24. The average Bonchev–Trinajstić information content (AvgIpc) is 2.35. The molecule has 0 spiro atoms. The van der Waals surface area contributed by atoms with Crippen molar-refractivity contribution >= 4 is 5.91 Å². The van der Waals surface area contributed by atoms with E-state index in [9.17, 15) is 18.0 Å². The minimum absolute atomic E-state index is 0.0444. The van der Waals surface area contributed by atoms with Gasteiger partial charge in [0.05, 0.1) is 11.6 Å². The number of carbonyl (C=O) groups is 1. The smallest absolute Gasteiger partial charge is 0.391 e. The zero-order valence-corrected chi connectivity index (χ0v) is 10.3. The molecule has 1 amide bonds. The lowest BCUT2D eigenvalue weighted by molar-refractivity contribution is -0.186. The molecule has 0 saturated carbocycles. The summed E-state index contributed by atoms with van der Waals surface area (Å²) in [6, 6.07) is 0. The molecule has 1 rings (SSSR count). The summed E-state index contributed by atoms with van der Waals surface area (Å²) in [5.41, 5.74) is 11.6. The number of rotatable bonds is 2. The van der Waals surface area contributed by atoms with Crippen LogP contribution in [0.5, 0.6) is 0 Å². The summed E-state index contributed by atoms with van der Waals surface area (Å²) in [4.78, 5) is 13.2. The van der Waals surface area contributed by atoms with Crippen molar-refractivity contribution < 1.29 is 18.0 Å². The number of amides is 1. The molecule has 0 atom stereocenters. The van der Waals surface area contributed by atoms with Crippen LogP contribution in [0.1, 0.15) is 19.8 Å². The molecule has 0 unspecified atom stereocenters. The van der Waals surface area contributed by atoms with Gasteiger partial charge in [-0.2, -0.15) is 13.2 Å². The lowest BCUT2D eigenvalue weighted by Crippen LogP contribution is -2.44. The molecule has 1 fully saturated rings. The molecule has 104 valence electrons. The van der Waals surface area contributed by atoms with Gasteiger partial charge in [0.2, 0.25) is 0 Å². The number of halogens is 3. The number of alkyl halides is 3.